The van der Waals surface area contributed by atoms with E-state index >= 15 is 0 Å². The van der Waals surface area contributed by atoms with Crippen molar-refractivity contribution in [2.45, 2.75) is 24.0 Å². The number of aromatic nitrogens is 3. The summed E-state index contributed by atoms with van der Waals surface area (Å²) in [6.45, 7) is 2.41. The molecule has 152 valence electrons. The van der Waals surface area contributed by atoms with Gasteiger partial charge in [-0.15, -0.1) is 0 Å². The molecule has 0 bridgehead atoms. The Kier molecular flexibility index (Phi) is 5.42. The Bertz CT molecular complexity index is 1140. The number of carbonyl (C=O) groups excluding carboxylic acids is 1. The fraction of sp³-hybridized carbons (Fsp3) is 0.167. The van der Waals surface area contributed by atoms with Gasteiger partial charge in [-0.1, -0.05) is 12.1 Å². The molecule has 2 aromatic heterocycles. The molecule has 29 heavy (non-hydrogen) atoms. The zero-order chi connectivity index (χ0) is 21.2. The van der Waals surface area contributed by atoms with E-state index < -0.39 is 31.8 Å². The Balaban J connectivity index is 1.80. The normalized spacial score (nSPS) is 12.0. The summed E-state index contributed by atoms with van der Waals surface area (Å²) in [5.41, 5.74) is -5.06. The lowest BCUT2D eigenvalue weighted by Crippen LogP contribution is -2.27. The van der Waals surface area contributed by atoms with Gasteiger partial charge in [0.1, 0.15) is 5.82 Å². The zero-order valence-electron chi connectivity index (χ0n) is 15.0. The van der Waals surface area contributed by atoms with Crippen LogP contribution in [0.25, 0.3) is 0 Å². The highest BCUT2D eigenvalue weighted by molar-refractivity contribution is 7.92. The van der Waals surface area contributed by atoms with Crippen molar-refractivity contribution in [3.05, 3.63) is 71.9 Å². The van der Waals surface area contributed by atoms with Crippen molar-refractivity contribution in [1.82, 2.24) is 14.5 Å². The van der Waals surface area contributed by atoms with Crippen LogP contribution in [0, 0.1) is 6.92 Å². The molecule has 7 nitrogen and oxygen atoms in total. The number of aryl methyl sites for hydroxylation is 1. The molecule has 11 heteroatoms. The van der Waals surface area contributed by atoms with Gasteiger partial charge in [0.15, 0.2) is 5.03 Å². The molecular formula is C18H15F3N4O3S. The molecular weight excluding hydrogens is 409 g/mol. The van der Waals surface area contributed by atoms with E-state index in [9.17, 15) is 26.4 Å². The third-order valence-corrected chi connectivity index (χ3v) is 5.51. The number of nitrogens with one attached hydrogen (secondary N) is 1. The molecule has 0 aliphatic carbocycles. The third-order valence-electron chi connectivity index (χ3n) is 4.06. The molecule has 0 unspecified atom stereocenters. The average molecular weight is 424 g/mol. The number of anilines is 1. The van der Waals surface area contributed by atoms with E-state index in [4.69, 9.17) is 0 Å². The summed E-state index contributed by atoms with van der Waals surface area (Å²) in [5, 5.41) is 1.05. The lowest BCUT2D eigenvalue weighted by atomic mass is 10.2. The molecule has 0 aliphatic rings. The first-order chi connectivity index (χ1) is 13.6. The molecule has 3 aromatic rings. The maximum Gasteiger partial charge on any atom is 0.503 e. The highest BCUT2D eigenvalue weighted by atomic mass is 32.2. The number of pyridine rings is 1. The average Bonchev–Trinajstić information content (AvgIpc) is 3.07. The number of alkyl halides is 3. The van der Waals surface area contributed by atoms with Crippen molar-refractivity contribution in [3.63, 3.8) is 0 Å². The fourth-order valence-corrected chi connectivity index (χ4v) is 3.42. The van der Waals surface area contributed by atoms with Crippen molar-refractivity contribution >= 4 is 21.4 Å². The Morgan fingerprint density at radius 2 is 1.79 bits per heavy atom. The summed E-state index contributed by atoms with van der Waals surface area (Å²) in [5.74, 6) is -0.184. The molecule has 0 saturated carbocycles. The highest BCUT2D eigenvalue weighted by Crippen LogP contribution is 2.31. The Morgan fingerprint density at radius 1 is 1.10 bits per heavy atom. The maximum absolute atomic E-state index is 12.9. The Labute approximate surface area is 164 Å². The smallest absolute Gasteiger partial charge is 0.331 e. The summed E-state index contributed by atoms with van der Waals surface area (Å²) in [4.78, 5) is 19.8. The van der Waals surface area contributed by atoms with Gasteiger partial charge in [0.25, 0.3) is 15.7 Å². The first kappa shape index (κ1) is 20.5. The predicted octanol–water partition coefficient (Wildman–Crippen LogP) is 3.18. The predicted molar refractivity (Wildman–Crippen MR) is 97.9 cm³/mol. The molecule has 0 aliphatic heterocycles. The number of hydrogen-bond donors (Lipinski definition) is 1. The lowest BCUT2D eigenvalue weighted by Gasteiger charge is -2.12. The molecule has 0 atom stereocenters. The van der Waals surface area contributed by atoms with Crippen molar-refractivity contribution in [2.24, 2.45) is 0 Å². The number of hydrogen-bond acceptors (Lipinski definition) is 5. The van der Waals surface area contributed by atoms with Crippen LogP contribution in [0.2, 0.25) is 0 Å². The second-order valence-corrected chi connectivity index (χ2v) is 7.92. The lowest BCUT2D eigenvalue weighted by molar-refractivity contribution is -0.0438. The van der Waals surface area contributed by atoms with E-state index in [1.165, 1.54) is 6.07 Å². The van der Waals surface area contributed by atoms with Crippen LogP contribution in [0.1, 0.15) is 21.7 Å². The van der Waals surface area contributed by atoms with Gasteiger partial charge < -0.3 is 9.88 Å². The van der Waals surface area contributed by atoms with Gasteiger partial charge in [0.2, 0.25) is 0 Å². The van der Waals surface area contributed by atoms with Crippen molar-refractivity contribution in [2.75, 3.05) is 5.32 Å². The molecule has 1 amide bonds. The first-order valence-corrected chi connectivity index (χ1v) is 9.72. The van der Waals surface area contributed by atoms with Gasteiger partial charge in [-0.25, -0.2) is 18.4 Å². The van der Waals surface area contributed by atoms with Crippen LogP contribution in [-0.4, -0.2) is 34.4 Å². The van der Waals surface area contributed by atoms with Gasteiger partial charge in [0.05, 0.1) is 5.56 Å². The number of amides is 1. The first-order valence-electron chi connectivity index (χ1n) is 8.24. The van der Waals surface area contributed by atoms with E-state index in [0.717, 1.165) is 23.7 Å². The summed E-state index contributed by atoms with van der Waals surface area (Å²) >= 11 is 0. The number of halogens is 3. The monoisotopic (exact) mass is 424 g/mol. The van der Waals surface area contributed by atoms with Crippen LogP contribution in [0.4, 0.5) is 18.9 Å². The van der Waals surface area contributed by atoms with Crippen LogP contribution in [0.15, 0.2) is 60.0 Å². The van der Waals surface area contributed by atoms with Crippen molar-refractivity contribution in [3.8, 4) is 0 Å². The molecule has 0 saturated heterocycles. The number of nitrogens with zero attached hydrogens (tertiary/aromatic N) is 3. The summed E-state index contributed by atoms with van der Waals surface area (Å²) in [6.07, 6.45) is 4.36. The summed E-state index contributed by atoms with van der Waals surface area (Å²) in [7, 11) is -5.76. The number of sulfone groups is 1. The number of rotatable bonds is 5. The Hall–Kier alpha value is -3.21. The molecule has 3 rings (SSSR count). The highest BCUT2D eigenvalue weighted by Gasteiger charge is 2.49. The Morgan fingerprint density at radius 3 is 2.38 bits per heavy atom. The van der Waals surface area contributed by atoms with Crippen LogP contribution in [-0.2, 0) is 16.4 Å². The third kappa shape index (κ3) is 4.29. The van der Waals surface area contributed by atoms with Crippen molar-refractivity contribution in [1.29, 1.82) is 0 Å². The second kappa shape index (κ2) is 7.66. The molecule has 2 heterocycles. The van der Waals surface area contributed by atoms with Crippen molar-refractivity contribution < 1.29 is 26.4 Å². The van der Waals surface area contributed by atoms with Crippen LogP contribution < -0.4 is 5.32 Å². The fourth-order valence-electron chi connectivity index (χ4n) is 2.55. The van der Waals surface area contributed by atoms with Crippen LogP contribution >= 0.6 is 0 Å². The van der Waals surface area contributed by atoms with E-state index in [0.29, 0.717) is 12.2 Å². The maximum atomic E-state index is 12.9. The van der Waals surface area contributed by atoms with Crippen LogP contribution in [0.3, 0.4) is 0 Å². The minimum absolute atomic E-state index is 0.292. The minimum Gasteiger partial charge on any atom is -0.331 e. The molecule has 0 fully saturated rings. The van der Waals surface area contributed by atoms with Gasteiger partial charge in [0, 0.05) is 30.8 Å². The second-order valence-electron chi connectivity index (χ2n) is 6.06. The van der Waals surface area contributed by atoms with E-state index in [1.807, 2.05) is 17.7 Å². The quantitative estimate of drug-likeness (QED) is 0.679. The summed E-state index contributed by atoms with van der Waals surface area (Å²) in [6, 6.07) is 8.73. The van der Waals surface area contributed by atoms with Gasteiger partial charge in [-0.3, -0.25) is 4.79 Å². The molecule has 0 radical (unpaired) electrons. The van der Waals surface area contributed by atoms with Gasteiger partial charge in [-0.2, -0.15) is 13.2 Å². The largest absolute Gasteiger partial charge is 0.503 e. The number of benzene rings is 1. The van der Waals surface area contributed by atoms with Gasteiger partial charge >= 0.3 is 5.51 Å². The van der Waals surface area contributed by atoms with E-state index in [-0.39, 0.29) is 0 Å². The minimum atomic E-state index is -5.76. The van der Waals surface area contributed by atoms with E-state index in [2.05, 4.69) is 15.3 Å². The zero-order valence-corrected chi connectivity index (χ0v) is 15.8. The molecule has 1 N–H and O–H groups in total. The summed E-state index contributed by atoms with van der Waals surface area (Å²) < 4.78 is 63.8. The van der Waals surface area contributed by atoms with Crippen LogP contribution in [0.5, 0.6) is 0 Å². The SMILES string of the molecule is Cc1nccn1Cc1ccc(NC(=O)c2cccnc2S(=O)(=O)C(F)(F)F)cc1. The van der Waals surface area contributed by atoms with Gasteiger partial charge in [-0.05, 0) is 36.8 Å². The molecule has 0 spiro atoms. The topological polar surface area (TPSA) is 93.9 Å². The molecule has 1 aromatic carbocycles. The number of carbonyl (C=O) groups is 1. The van der Waals surface area contributed by atoms with E-state index in [1.54, 1.807) is 30.5 Å². The standard InChI is InChI=1S/C18H15F3N4O3S/c1-12-22-9-10-25(12)11-13-4-6-14(7-5-13)24-16(26)15-3-2-8-23-17(15)29(27,28)18(19,20)21/h2-10H,11H2,1H3,(H,24,26). The number of imidazole rings is 1.